The molecule has 1 fully saturated rings. The number of hydrogen-bond acceptors (Lipinski definition) is 3. The molecule has 1 amide bonds. The summed E-state index contributed by atoms with van der Waals surface area (Å²) in [4.78, 5) is 11.1. The number of primary amides is 1. The molecule has 4 N–H and O–H groups in total. The Hall–Kier alpha value is -1.07. The van der Waals surface area contributed by atoms with Gasteiger partial charge < -0.3 is 16.2 Å². The molecule has 2 rings (SSSR count). The number of benzene rings is 1. The average molecular weight is 313 g/mol. The van der Waals surface area contributed by atoms with Crippen molar-refractivity contribution < 1.29 is 9.53 Å². The zero-order chi connectivity index (χ0) is 13.1. The predicted molar refractivity (Wildman–Crippen MR) is 73.5 cm³/mol. The van der Waals surface area contributed by atoms with Crippen LogP contribution in [0.1, 0.15) is 29.6 Å². The molecule has 2 unspecified atom stereocenters. The highest BCUT2D eigenvalue weighted by Gasteiger charge is 2.27. The van der Waals surface area contributed by atoms with E-state index >= 15 is 0 Å². The van der Waals surface area contributed by atoms with Crippen LogP contribution in [0.5, 0.6) is 5.75 Å². The maximum Gasteiger partial charge on any atom is 0.249 e. The first-order valence-corrected chi connectivity index (χ1v) is 6.87. The topological polar surface area (TPSA) is 78.3 Å². The smallest absolute Gasteiger partial charge is 0.249 e. The van der Waals surface area contributed by atoms with Gasteiger partial charge in [0.2, 0.25) is 5.91 Å². The fraction of sp³-hybridized carbons (Fsp3) is 0.462. The lowest BCUT2D eigenvalue weighted by molar-refractivity contribution is 0.0999. The summed E-state index contributed by atoms with van der Waals surface area (Å²) < 4.78 is 6.59. The molecule has 0 saturated heterocycles. The summed E-state index contributed by atoms with van der Waals surface area (Å²) >= 11 is 3.32. The van der Waals surface area contributed by atoms with Crippen LogP contribution in [0, 0.1) is 5.92 Å². The Bertz CT molecular complexity index is 451. The SMILES string of the molecule is NCC1CCCC1Oc1ccc(C(N)=O)c(Br)c1. The van der Waals surface area contributed by atoms with E-state index in [1.807, 2.05) is 0 Å². The van der Waals surface area contributed by atoms with Crippen molar-refractivity contribution in [3.05, 3.63) is 28.2 Å². The van der Waals surface area contributed by atoms with Gasteiger partial charge in [-0.15, -0.1) is 0 Å². The van der Waals surface area contributed by atoms with Crippen LogP contribution in [-0.4, -0.2) is 18.6 Å². The minimum absolute atomic E-state index is 0.182. The summed E-state index contributed by atoms with van der Waals surface area (Å²) in [6.45, 7) is 0.658. The van der Waals surface area contributed by atoms with Crippen LogP contribution >= 0.6 is 15.9 Å². The maximum absolute atomic E-state index is 11.1. The molecule has 1 aliphatic carbocycles. The number of rotatable bonds is 4. The van der Waals surface area contributed by atoms with Gasteiger partial charge >= 0.3 is 0 Å². The molecule has 2 atom stereocenters. The Morgan fingerprint density at radius 2 is 2.22 bits per heavy atom. The van der Waals surface area contributed by atoms with Crippen molar-refractivity contribution >= 4 is 21.8 Å². The first kappa shape index (κ1) is 13.4. The Labute approximate surface area is 115 Å². The second kappa shape index (κ2) is 5.71. The molecular weight excluding hydrogens is 296 g/mol. The number of nitrogens with two attached hydrogens (primary N) is 2. The highest BCUT2D eigenvalue weighted by Crippen LogP contribution is 2.30. The molecule has 5 heteroatoms. The highest BCUT2D eigenvalue weighted by atomic mass is 79.9. The van der Waals surface area contributed by atoms with Crippen molar-refractivity contribution in [2.24, 2.45) is 17.4 Å². The van der Waals surface area contributed by atoms with Crippen molar-refractivity contribution in [2.75, 3.05) is 6.54 Å². The predicted octanol–water partition coefficient (Wildman–Crippen LogP) is 2.05. The van der Waals surface area contributed by atoms with Crippen LogP contribution in [-0.2, 0) is 0 Å². The van der Waals surface area contributed by atoms with Gasteiger partial charge in [-0.3, -0.25) is 4.79 Å². The first-order valence-electron chi connectivity index (χ1n) is 6.08. The number of carbonyl (C=O) groups excluding carboxylic acids is 1. The molecule has 0 spiro atoms. The van der Waals surface area contributed by atoms with E-state index in [9.17, 15) is 4.79 Å². The zero-order valence-electron chi connectivity index (χ0n) is 10.1. The summed E-state index contributed by atoms with van der Waals surface area (Å²) in [5, 5.41) is 0. The molecule has 0 aromatic heterocycles. The summed E-state index contributed by atoms with van der Waals surface area (Å²) in [6.07, 6.45) is 3.51. The van der Waals surface area contributed by atoms with Crippen LogP contribution in [0.15, 0.2) is 22.7 Å². The zero-order valence-corrected chi connectivity index (χ0v) is 11.7. The Balaban J connectivity index is 2.10. The van der Waals surface area contributed by atoms with Crippen molar-refractivity contribution in [2.45, 2.75) is 25.4 Å². The van der Waals surface area contributed by atoms with Gasteiger partial charge in [-0.2, -0.15) is 0 Å². The maximum atomic E-state index is 11.1. The number of halogens is 1. The molecule has 1 saturated carbocycles. The van der Waals surface area contributed by atoms with E-state index in [1.54, 1.807) is 18.2 Å². The molecule has 1 aromatic carbocycles. The second-order valence-electron chi connectivity index (χ2n) is 4.59. The Kier molecular flexibility index (Phi) is 4.24. The third kappa shape index (κ3) is 2.84. The van der Waals surface area contributed by atoms with Crippen LogP contribution in [0.3, 0.4) is 0 Å². The summed E-state index contributed by atoms with van der Waals surface area (Å²) in [5.74, 6) is 0.728. The fourth-order valence-corrected chi connectivity index (χ4v) is 2.92. The molecule has 0 aliphatic heterocycles. The lowest BCUT2D eigenvalue weighted by Gasteiger charge is -2.20. The van der Waals surface area contributed by atoms with Crippen molar-refractivity contribution in [1.29, 1.82) is 0 Å². The van der Waals surface area contributed by atoms with Gasteiger partial charge in [0, 0.05) is 10.4 Å². The summed E-state index contributed by atoms with van der Waals surface area (Å²) in [7, 11) is 0. The third-order valence-electron chi connectivity index (χ3n) is 3.39. The van der Waals surface area contributed by atoms with E-state index < -0.39 is 5.91 Å². The van der Waals surface area contributed by atoms with Gasteiger partial charge in [0.25, 0.3) is 0 Å². The Morgan fingerprint density at radius 3 is 2.83 bits per heavy atom. The molecular formula is C13H17BrN2O2. The van der Waals surface area contributed by atoms with Crippen molar-refractivity contribution in [3.8, 4) is 5.75 Å². The summed E-state index contributed by atoms with van der Waals surface area (Å²) in [6, 6.07) is 5.23. The van der Waals surface area contributed by atoms with Gasteiger partial charge in [0.05, 0.1) is 5.56 Å². The number of carbonyl (C=O) groups is 1. The van der Waals surface area contributed by atoms with Gasteiger partial charge in [0.1, 0.15) is 11.9 Å². The number of amides is 1. The molecule has 18 heavy (non-hydrogen) atoms. The van der Waals surface area contributed by atoms with E-state index in [2.05, 4.69) is 15.9 Å². The van der Waals surface area contributed by atoms with Gasteiger partial charge in [-0.25, -0.2) is 0 Å². The van der Waals surface area contributed by atoms with Crippen LogP contribution in [0.2, 0.25) is 0 Å². The van der Waals surface area contributed by atoms with E-state index in [4.69, 9.17) is 16.2 Å². The van der Waals surface area contributed by atoms with E-state index in [0.29, 0.717) is 22.5 Å². The highest BCUT2D eigenvalue weighted by molar-refractivity contribution is 9.10. The van der Waals surface area contributed by atoms with Crippen molar-refractivity contribution in [1.82, 2.24) is 0 Å². The lowest BCUT2D eigenvalue weighted by Crippen LogP contribution is -2.27. The molecule has 0 bridgehead atoms. The average Bonchev–Trinajstić information content (AvgIpc) is 2.76. The molecule has 1 aliphatic rings. The van der Waals surface area contributed by atoms with Gasteiger partial charge in [-0.1, -0.05) is 0 Å². The lowest BCUT2D eigenvalue weighted by atomic mass is 10.1. The fourth-order valence-electron chi connectivity index (χ4n) is 2.37. The second-order valence-corrected chi connectivity index (χ2v) is 5.44. The largest absolute Gasteiger partial charge is 0.490 e. The standard InChI is InChI=1S/C13H17BrN2O2/c14-11-6-9(4-5-10(11)13(16)17)18-12-3-1-2-8(12)7-15/h4-6,8,12H,1-3,7,15H2,(H2,16,17). The first-order chi connectivity index (χ1) is 8.61. The van der Waals surface area contributed by atoms with E-state index in [0.717, 1.165) is 25.0 Å². The summed E-state index contributed by atoms with van der Waals surface area (Å²) in [5.41, 5.74) is 11.4. The molecule has 1 aromatic rings. The number of hydrogen-bond donors (Lipinski definition) is 2. The quantitative estimate of drug-likeness (QED) is 0.893. The van der Waals surface area contributed by atoms with E-state index in [-0.39, 0.29) is 6.10 Å². The van der Waals surface area contributed by atoms with E-state index in [1.165, 1.54) is 0 Å². The third-order valence-corrected chi connectivity index (χ3v) is 4.04. The number of ether oxygens (including phenoxy) is 1. The van der Waals surface area contributed by atoms with Crippen molar-refractivity contribution in [3.63, 3.8) is 0 Å². The van der Waals surface area contributed by atoms with Gasteiger partial charge in [0.15, 0.2) is 0 Å². The molecule has 98 valence electrons. The van der Waals surface area contributed by atoms with Gasteiger partial charge in [-0.05, 0) is 59.9 Å². The molecule has 0 heterocycles. The Morgan fingerprint density at radius 1 is 1.44 bits per heavy atom. The van der Waals surface area contributed by atoms with Crippen LogP contribution in [0.4, 0.5) is 0 Å². The monoisotopic (exact) mass is 312 g/mol. The normalized spacial score (nSPS) is 23.0. The van der Waals surface area contributed by atoms with Crippen LogP contribution < -0.4 is 16.2 Å². The minimum Gasteiger partial charge on any atom is -0.490 e. The van der Waals surface area contributed by atoms with Crippen LogP contribution in [0.25, 0.3) is 0 Å². The molecule has 4 nitrogen and oxygen atoms in total. The minimum atomic E-state index is -0.450. The molecule has 0 radical (unpaired) electrons.